The SMILES string of the molecule is COC(=O)CN1C(=S)N(c2ccc(Cl)cc2)C(=O)[C@H]1CC(=O)Nc1ccc(F)cc1. The Morgan fingerprint density at radius 1 is 1.17 bits per heavy atom. The molecule has 2 aromatic rings. The van der Waals surface area contributed by atoms with Gasteiger partial charge in [-0.1, -0.05) is 11.6 Å². The highest BCUT2D eigenvalue weighted by atomic mass is 35.5. The average Bonchev–Trinajstić information content (AvgIpc) is 2.94. The van der Waals surface area contributed by atoms with Crippen LogP contribution >= 0.6 is 23.8 Å². The zero-order chi connectivity index (χ0) is 21.8. The van der Waals surface area contributed by atoms with E-state index in [1.807, 2.05) is 0 Å². The van der Waals surface area contributed by atoms with E-state index in [1.54, 1.807) is 24.3 Å². The summed E-state index contributed by atoms with van der Waals surface area (Å²) in [5, 5.41) is 3.16. The number of amides is 2. The molecule has 0 spiro atoms. The highest BCUT2D eigenvalue weighted by Gasteiger charge is 2.45. The number of carbonyl (C=O) groups is 3. The van der Waals surface area contributed by atoms with Crippen molar-refractivity contribution in [3.63, 3.8) is 0 Å². The Labute approximate surface area is 182 Å². The van der Waals surface area contributed by atoms with Gasteiger partial charge >= 0.3 is 5.97 Å². The number of carbonyl (C=O) groups excluding carboxylic acids is 3. The zero-order valence-electron chi connectivity index (χ0n) is 15.8. The molecule has 2 amide bonds. The van der Waals surface area contributed by atoms with E-state index in [1.165, 1.54) is 41.2 Å². The van der Waals surface area contributed by atoms with E-state index in [-0.39, 0.29) is 18.1 Å². The van der Waals surface area contributed by atoms with Crippen LogP contribution in [0.3, 0.4) is 0 Å². The van der Waals surface area contributed by atoms with Crippen molar-refractivity contribution in [2.45, 2.75) is 12.5 Å². The van der Waals surface area contributed by atoms with Crippen LogP contribution in [0.25, 0.3) is 0 Å². The summed E-state index contributed by atoms with van der Waals surface area (Å²) < 4.78 is 17.7. The largest absolute Gasteiger partial charge is 0.468 e. The third kappa shape index (κ3) is 4.74. The number of anilines is 2. The fraction of sp³-hybridized carbons (Fsp3) is 0.200. The van der Waals surface area contributed by atoms with Gasteiger partial charge in [-0.05, 0) is 60.7 Å². The maximum atomic E-state index is 13.1. The summed E-state index contributed by atoms with van der Waals surface area (Å²) in [5.41, 5.74) is 0.842. The summed E-state index contributed by atoms with van der Waals surface area (Å²) in [6.45, 7) is -0.292. The molecule has 156 valence electrons. The van der Waals surface area contributed by atoms with Gasteiger partial charge in [0.15, 0.2) is 5.11 Å². The molecular formula is C20H17ClFN3O4S. The molecule has 2 aromatic carbocycles. The maximum absolute atomic E-state index is 13.1. The highest BCUT2D eigenvalue weighted by molar-refractivity contribution is 7.80. The van der Waals surface area contributed by atoms with Crippen LogP contribution in [0.2, 0.25) is 5.02 Å². The number of nitrogens with one attached hydrogen (secondary N) is 1. The molecule has 1 heterocycles. The number of hydrogen-bond acceptors (Lipinski definition) is 5. The van der Waals surface area contributed by atoms with E-state index in [0.717, 1.165) is 0 Å². The number of hydrogen-bond donors (Lipinski definition) is 1. The van der Waals surface area contributed by atoms with Gasteiger partial charge in [-0.2, -0.15) is 0 Å². The van der Waals surface area contributed by atoms with Crippen molar-refractivity contribution in [3.8, 4) is 0 Å². The predicted molar refractivity (Wildman–Crippen MR) is 114 cm³/mol. The van der Waals surface area contributed by atoms with E-state index >= 15 is 0 Å². The van der Waals surface area contributed by atoms with Gasteiger partial charge in [0.2, 0.25) is 5.91 Å². The molecule has 1 aliphatic rings. The van der Waals surface area contributed by atoms with Crippen LogP contribution in [-0.2, 0) is 19.1 Å². The molecule has 7 nitrogen and oxygen atoms in total. The third-order valence-corrected chi connectivity index (χ3v) is 5.11. The van der Waals surface area contributed by atoms with Crippen molar-refractivity contribution in [2.24, 2.45) is 0 Å². The Morgan fingerprint density at radius 2 is 1.80 bits per heavy atom. The summed E-state index contributed by atoms with van der Waals surface area (Å²) in [7, 11) is 1.22. The van der Waals surface area contributed by atoms with Crippen LogP contribution in [0.15, 0.2) is 48.5 Å². The number of benzene rings is 2. The smallest absolute Gasteiger partial charge is 0.325 e. The number of ether oxygens (including phenoxy) is 1. The lowest BCUT2D eigenvalue weighted by Gasteiger charge is -2.22. The van der Waals surface area contributed by atoms with Gasteiger partial charge in [-0.3, -0.25) is 19.3 Å². The molecule has 10 heteroatoms. The van der Waals surface area contributed by atoms with Gasteiger partial charge in [-0.15, -0.1) is 0 Å². The Kier molecular flexibility index (Phi) is 6.63. The Balaban J connectivity index is 1.83. The molecule has 30 heavy (non-hydrogen) atoms. The van der Waals surface area contributed by atoms with Crippen LogP contribution in [-0.4, -0.2) is 47.5 Å². The standard InChI is InChI=1S/C20H17ClFN3O4S/c1-29-18(27)11-24-16(10-17(26)23-14-6-4-13(22)5-7-14)19(28)25(20(24)30)15-8-2-12(21)3-9-15/h2-9,16H,10-11H2,1H3,(H,23,26)/t16-/m1/s1. The predicted octanol–water partition coefficient (Wildman–Crippen LogP) is 2.98. The number of nitrogens with zero attached hydrogens (tertiary/aromatic N) is 2. The fourth-order valence-electron chi connectivity index (χ4n) is 2.97. The molecule has 0 aliphatic carbocycles. The van der Waals surface area contributed by atoms with Crippen molar-refractivity contribution in [3.05, 3.63) is 59.4 Å². The summed E-state index contributed by atoms with van der Waals surface area (Å²) in [4.78, 5) is 40.1. The van der Waals surface area contributed by atoms with Crippen molar-refractivity contribution in [1.82, 2.24) is 4.90 Å². The first kappa shape index (κ1) is 21.7. The summed E-state index contributed by atoms with van der Waals surface area (Å²) in [6, 6.07) is 10.6. The second-order valence-electron chi connectivity index (χ2n) is 6.41. The van der Waals surface area contributed by atoms with Gasteiger partial charge in [0.25, 0.3) is 5.91 Å². The van der Waals surface area contributed by atoms with E-state index in [2.05, 4.69) is 10.1 Å². The molecule has 1 aliphatic heterocycles. The number of rotatable bonds is 6. The number of esters is 1. The molecule has 3 rings (SSSR count). The number of thiocarbonyl (C=S) groups is 1. The molecule has 0 unspecified atom stereocenters. The van der Waals surface area contributed by atoms with Crippen molar-refractivity contribution in [1.29, 1.82) is 0 Å². The van der Waals surface area contributed by atoms with Gasteiger partial charge in [0.05, 0.1) is 19.2 Å². The van der Waals surface area contributed by atoms with Gasteiger partial charge in [0.1, 0.15) is 18.4 Å². The lowest BCUT2D eigenvalue weighted by Crippen LogP contribution is -2.41. The van der Waals surface area contributed by atoms with E-state index in [4.69, 9.17) is 23.8 Å². The first-order chi connectivity index (χ1) is 14.3. The number of methoxy groups -OCH3 is 1. The molecular weight excluding hydrogens is 433 g/mol. The van der Waals surface area contributed by atoms with Crippen LogP contribution in [0.4, 0.5) is 15.8 Å². The molecule has 1 atom stereocenters. The molecule has 0 saturated carbocycles. The average molecular weight is 450 g/mol. The number of halogens is 2. The minimum atomic E-state index is -1.01. The Morgan fingerprint density at radius 3 is 2.40 bits per heavy atom. The lowest BCUT2D eigenvalue weighted by atomic mass is 10.1. The van der Waals surface area contributed by atoms with Gasteiger partial charge in [-0.25, -0.2) is 4.39 Å². The highest BCUT2D eigenvalue weighted by Crippen LogP contribution is 2.28. The molecule has 0 aromatic heterocycles. The van der Waals surface area contributed by atoms with Gasteiger partial charge in [0, 0.05) is 10.7 Å². The Hall–Kier alpha value is -3.04. The van der Waals surface area contributed by atoms with Gasteiger partial charge < -0.3 is 15.0 Å². The first-order valence-corrected chi connectivity index (χ1v) is 9.61. The quantitative estimate of drug-likeness (QED) is 0.539. The second kappa shape index (κ2) is 9.19. The Bertz CT molecular complexity index is 985. The summed E-state index contributed by atoms with van der Waals surface area (Å²) in [6.07, 6.45) is -0.266. The summed E-state index contributed by atoms with van der Waals surface area (Å²) in [5.74, 6) is -1.99. The topological polar surface area (TPSA) is 79.0 Å². The molecule has 1 N–H and O–H groups in total. The minimum Gasteiger partial charge on any atom is -0.468 e. The maximum Gasteiger partial charge on any atom is 0.325 e. The second-order valence-corrected chi connectivity index (χ2v) is 7.21. The fourth-order valence-corrected chi connectivity index (χ4v) is 3.48. The molecule has 1 saturated heterocycles. The lowest BCUT2D eigenvalue weighted by molar-refractivity contribution is -0.141. The van der Waals surface area contributed by atoms with Crippen molar-refractivity contribution in [2.75, 3.05) is 23.9 Å². The van der Waals surface area contributed by atoms with Crippen LogP contribution in [0.1, 0.15) is 6.42 Å². The monoisotopic (exact) mass is 449 g/mol. The van der Waals surface area contributed by atoms with E-state index in [0.29, 0.717) is 16.4 Å². The molecule has 1 fully saturated rings. The van der Waals surface area contributed by atoms with E-state index < -0.39 is 29.6 Å². The minimum absolute atomic E-state index is 0.0762. The van der Waals surface area contributed by atoms with Crippen LogP contribution in [0, 0.1) is 5.82 Å². The van der Waals surface area contributed by atoms with E-state index in [9.17, 15) is 18.8 Å². The van der Waals surface area contributed by atoms with Crippen molar-refractivity contribution >= 4 is 58.1 Å². The summed E-state index contributed by atoms with van der Waals surface area (Å²) >= 11 is 11.3. The van der Waals surface area contributed by atoms with Crippen LogP contribution in [0.5, 0.6) is 0 Å². The zero-order valence-corrected chi connectivity index (χ0v) is 17.4. The van der Waals surface area contributed by atoms with Crippen molar-refractivity contribution < 1.29 is 23.5 Å². The molecule has 0 radical (unpaired) electrons. The van der Waals surface area contributed by atoms with Crippen LogP contribution < -0.4 is 10.2 Å². The first-order valence-electron chi connectivity index (χ1n) is 8.82. The third-order valence-electron chi connectivity index (χ3n) is 4.44. The molecule has 0 bridgehead atoms. The normalized spacial score (nSPS) is 16.0.